The van der Waals surface area contributed by atoms with E-state index in [1.54, 1.807) is 0 Å². The molecule has 0 aliphatic carbocycles. The van der Waals surface area contributed by atoms with Crippen LogP contribution in [0.5, 0.6) is 0 Å². The van der Waals surface area contributed by atoms with Gasteiger partial charge < -0.3 is 30.7 Å². The Hall–Kier alpha value is -3.18. The van der Waals surface area contributed by atoms with E-state index in [1.165, 1.54) is 4.90 Å². The van der Waals surface area contributed by atoms with Crippen molar-refractivity contribution in [1.82, 2.24) is 20.9 Å². The monoisotopic (exact) mass is 510 g/mol. The van der Waals surface area contributed by atoms with Gasteiger partial charge in [-0.3, -0.25) is 24.0 Å². The van der Waals surface area contributed by atoms with Gasteiger partial charge in [-0.15, -0.1) is 0 Å². The fraction of sp³-hybridized carbons (Fsp3) is 0.750. The van der Waals surface area contributed by atoms with Gasteiger partial charge in [0.25, 0.3) is 5.91 Å². The smallest absolute Gasteiger partial charge is 0.407 e. The number of hydrogen-bond acceptors (Lipinski definition) is 7. The second-order valence-electron chi connectivity index (χ2n) is 9.73. The number of fused-ring (bicyclic) bond motifs is 1. The van der Waals surface area contributed by atoms with E-state index in [9.17, 15) is 28.8 Å². The Morgan fingerprint density at radius 2 is 1.69 bits per heavy atom. The highest BCUT2D eigenvalue weighted by Crippen LogP contribution is 2.22. The lowest BCUT2D eigenvalue weighted by atomic mass is 9.99. The fourth-order valence-electron chi connectivity index (χ4n) is 4.35. The highest BCUT2D eigenvalue weighted by atomic mass is 16.5. The highest BCUT2D eigenvalue weighted by Gasteiger charge is 2.39. The number of nitrogens with zero attached hydrogens (tertiary/aromatic N) is 1. The highest BCUT2D eigenvalue weighted by molar-refractivity contribution is 6.38. The molecule has 12 nitrogen and oxygen atoms in total. The Morgan fingerprint density at radius 1 is 1.03 bits per heavy atom. The molecule has 2 saturated heterocycles. The van der Waals surface area contributed by atoms with Gasteiger partial charge in [0, 0.05) is 6.54 Å². The van der Waals surface area contributed by atoms with Crippen molar-refractivity contribution >= 4 is 35.6 Å². The van der Waals surface area contributed by atoms with Crippen molar-refractivity contribution in [2.24, 2.45) is 5.92 Å². The summed E-state index contributed by atoms with van der Waals surface area (Å²) >= 11 is 0. The van der Waals surface area contributed by atoms with Gasteiger partial charge in [-0.2, -0.15) is 0 Å². The van der Waals surface area contributed by atoms with Gasteiger partial charge in [0.2, 0.25) is 17.6 Å². The number of nitrogens with one attached hydrogen (secondary N) is 3. The van der Waals surface area contributed by atoms with Crippen molar-refractivity contribution in [2.45, 2.75) is 89.8 Å². The molecule has 2 heterocycles. The average molecular weight is 511 g/mol. The molecule has 2 fully saturated rings. The van der Waals surface area contributed by atoms with Crippen molar-refractivity contribution in [3.05, 3.63) is 0 Å². The molecule has 0 radical (unpaired) electrons. The van der Waals surface area contributed by atoms with E-state index in [1.807, 2.05) is 19.2 Å². The number of ether oxygens (including phenoxy) is 1. The number of carboxylic acids is 1. The van der Waals surface area contributed by atoms with Crippen LogP contribution in [0.4, 0.5) is 4.79 Å². The normalized spacial score (nSPS) is 23.8. The molecule has 0 aromatic heterocycles. The number of Topliss-reactive ketones (excluding diaryl/α,β-unsaturated/α-hetero) is 1. The van der Waals surface area contributed by atoms with Crippen molar-refractivity contribution in [3.8, 4) is 0 Å². The number of ketones is 1. The van der Waals surface area contributed by atoms with Crippen LogP contribution in [0.25, 0.3) is 0 Å². The molecule has 0 spiro atoms. The van der Waals surface area contributed by atoms with Crippen LogP contribution >= 0.6 is 0 Å². The molecule has 0 bridgehead atoms. The van der Waals surface area contributed by atoms with Gasteiger partial charge in [-0.1, -0.05) is 46.0 Å². The SMILES string of the molecule is CC(C)COC(=O)N[C@H]1CCCCCCCC(C(=O)C(=O)NCC(=O)O)NC(=O)[C@@H]2CCCN2C1=O. The maximum atomic E-state index is 13.4. The lowest BCUT2D eigenvalue weighted by molar-refractivity contribution is -0.144. The van der Waals surface area contributed by atoms with E-state index in [4.69, 9.17) is 9.84 Å². The third-order valence-electron chi connectivity index (χ3n) is 6.22. The number of hydrogen-bond donors (Lipinski definition) is 4. The topological polar surface area (TPSA) is 171 Å². The van der Waals surface area contributed by atoms with Crippen LogP contribution in [-0.4, -0.2) is 83.4 Å². The number of alkyl carbamates (subject to hydrolysis) is 1. The summed E-state index contributed by atoms with van der Waals surface area (Å²) in [5.74, 6) is -4.07. The molecule has 3 atom stereocenters. The Kier molecular flexibility index (Phi) is 11.6. The lowest BCUT2D eigenvalue weighted by Gasteiger charge is -2.30. The summed E-state index contributed by atoms with van der Waals surface area (Å²) in [5.41, 5.74) is 0. The van der Waals surface area contributed by atoms with Crippen LogP contribution < -0.4 is 16.0 Å². The predicted molar refractivity (Wildman–Crippen MR) is 128 cm³/mol. The van der Waals surface area contributed by atoms with Crippen LogP contribution in [0.1, 0.15) is 71.6 Å². The van der Waals surface area contributed by atoms with E-state index in [0.29, 0.717) is 38.6 Å². The summed E-state index contributed by atoms with van der Waals surface area (Å²) in [6.45, 7) is 3.65. The van der Waals surface area contributed by atoms with Gasteiger partial charge in [0.05, 0.1) is 12.6 Å². The molecule has 1 unspecified atom stereocenters. The van der Waals surface area contributed by atoms with E-state index in [-0.39, 0.29) is 24.9 Å². The quantitative estimate of drug-likeness (QED) is 0.363. The molecular formula is C24H38N4O8. The predicted octanol–water partition coefficient (Wildman–Crippen LogP) is 0.727. The minimum atomic E-state index is -1.29. The molecule has 2 aliphatic rings. The molecule has 12 heteroatoms. The number of carbonyl (C=O) groups excluding carboxylic acids is 5. The van der Waals surface area contributed by atoms with Crippen LogP contribution in [0, 0.1) is 5.92 Å². The first-order valence-electron chi connectivity index (χ1n) is 12.7. The molecular weight excluding hydrogens is 472 g/mol. The van der Waals surface area contributed by atoms with Crippen LogP contribution in [0.15, 0.2) is 0 Å². The first-order valence-corrected chi connectivity index (χ1v) is 12.7. The van der Waals surface area contributed by atoms with Gasteiger partial charge in [0.1, 0.15) is 18.6 Å². The van der Waals surface area contributed by atoms with Crippen molar-refractivity contribution < 1.29 is 38.6 Å². The van der Waals surface area contributed by atoms with Crippen LogP contribution in [-0.2, 0) is 28.7 Å². The Bertz CT molecular complexity index is 831. The maximum Gasteiger partial charge on any atom is 0.407 e. The standard InChI is InChI=1S/C24H38N4O8/c1-15(2)14-36-24(35)27-17-10-7-5-3-4-6-9-16(20(31)22(33)25-13-19(29)30)26-21(32)18-11-8-12-28(18)23(17)34/h15-18H,3-14H2,1-2H3,(H,25,33)(H,26,32)(H,27,35)(H,29,30)/t16?,17-,18-/m0/s1. The number of aliphatic carboxylic acids is 1. The van der Waals surface area contributed by atoms with E-state index in [2.05, 4.69) is 10.6 Å². The van der Waals surface area contributed by atoms with Gasteiger partial charge >= 0.3 is 12.1 Å². The summed E-state index contributed by atoms with van der Waals surface area (Å²) < 4.78 is 5.18. The Balaban J connectivity index is 2.16. The number of carboxylic acid groups (broad SMARTS) is 1. The van der Waals surface area contributed by atoms with Crippen LogP contribution in [0.2, 0.25) is 0 Å². The first-order chi connectivity index (χ1) is 17.1. The molecule has 2 aliphatic heterocycles. The number of amides is 4. The molecule has 2 rings (SSSR count). The van der Waals surface area contributed by atoms with E-state index >= 15 is 0 Å². The first kappa shape index (κ1) is 29.1. The number of carbonyl (C=O) groups is 6. The third-order valence-corrected chi connectivity index (χ3v) is 6.22. The third kappa shape index (κ3) is 9.12. The summed E-state index contributed by atoms with van der Waals surface area (Å²) in [6, 6.07) is -2.79. The molecule has 36 heavy (non-hydrogen) atoms. The Labute approximate surface area is 210 Å². The maximum absolute atomic E-state index is 13.4. The van der Waals surface area contributed by atoms with Crippen LogP contribution in [0.3, 0.4) is 0 Å². The summed E-state index contributed by atoms with van der Waals surface area (Å²) in [7, 11) is 0. The van der Waals surface area contributed by atoms with Gasteiger partial charge in [-0.25, -0.2) is 4.79 Å². The summed E-state index contributed by atoms with van der Waals surface area (Å²) in [5, 5.41) is 16.1. The lowest BCUT2D eigenvalue weighted by Crippen LogP contribution is -2.56. The molecule has 0 saturated carbocycles. The summed E-state index contributed by atoms with van der Waals surface area (Å²) in [6.07, 6.45) is 4.56. The minimum Gasteiger partial charge on any atom is -0.480 e. The van der Waals surface area contributed by atoms with Crippen molar-refractivity contribution in [2.75, 3.05) is 19.7 Å². The Morgan fingerprint density at radius 3 is 2.36 bits per heavy atom. The largest absolute Gasteiger partial charge is 0.480 e. The zero-order valence-electron chi connectivity index (χ0n) is 21.0. The average Bonchev–Trinajstić information content (AvgIpc) is 3.32. The fourth-order valence-corrected chi connectivity index (χ4v) is 4.35. The molecule has 0 aromatic rings. The molecule has 4 amide bonds. The zero-order valence-corrected chi connectivity index (χ0v) is 21.0. The molecule has 0 aromatic carbocycles. The van der Waals surface area contributed by atoms with Gasteiger partial charge in [0.15, 0.2) is 0 Å². The second kappa shape index (κ2) is 14.4. The number of rotatable bonds is 7. The van der Waals surface area contributed by atoms with E-state index in [0.717, 1.165) is 19.3 Å². The zero-order chi connectivity index (χ0) is 26.7. The molecule has 202 valence electrons. The van der Waals surface area contributed by atoms with E-state index < -0.39 is 54.3 Å². The summed E-state index contributed by atoms with van der Waals surface area (Å²) in [4.78, 5) is 75.7. The minimum absolute atomic E-state index is 0.143. The molecule has 4 N–H and O–H groups in total. The van der Waals surface area contributed by atoms with Gasteiger partial charge in [-0.05, 0) is 31.6 Å². The second-order valence-corrected chi connectivity index (χ2v) is 9.73. The van der Waals surface area contributed by atoms with Crippen molar-refractivity contribution in [3.63, 3.8) is 0 Å². The van der Waals surface area contributed by atoms with Crippen molar-refractivity contribution in [1.29, 1.82) is 0 Å².